The second kappa shape index (κ2) is 9.07. The molecule has 0 unspecified atom stereocenters. The molecule has 0 amide bonds. The van der Waals surface area contributed by atoms with Crippen molar-refractivity contribution < 1.29 is 13.9 Å². The number of carbonyl (C=O) groups is 1. The third-order valence-electron chi connectivity index (χ3n) is 4.44. The van der Waals surface area contributed by atoms with Crippen LogP contribution in [0.1, 0.15) is 34.7 Å². The van der Waals surface area contributed by atoms with Gasteiger partial charge in [0.2, 0.25) is 5.89 Å². The molecule has 0 saturated carbocycles. The molecule has 3 aromatic rings. The molecule has 1 atom stereocenters. The van der Waals surface area contributed by atoms with Gasteiger partial charge in [0, 0.05) is 34.1 Å². The predicted molar refractivity (Wildman–Crippen MR) is 113 cm³/mol. The molecule has 28 heavy (non-hydrogen) atoms. The van der Waals surface area contributed by atoms with Gasteiger partial charge in [0.1, 0.15) is 0 Å². The number of halogens is 1. The number of ketones is 1. The first-order valence-corrected chi connectivity index (χ1v) is 10.6. The lowest BCUT2D eigenvalue weighted by atomic mass is 10.2. The van der Waals surface area contributed by atoms with Crippen LogP contribution in [0.4, 0.5) is 0 Å². The van der Waals surface area contributed by atoms with Gasteiger partial charge in [0.05, 0.1) is 18.4 Å². The van der Waals surface area contributed by atoms with Crippen molar-refractivity contribution >= 4 is 33.5 Å². The van der Waals surface area contributed by atoms with Gasteiger partial charge in [-0.25, -0.2) is 0 Å². The van der Waals surface area contributed by atoms with Crippen molar-refractivity contribution in [3.63, 3.8) is 0 Å². The summed E-state index contributed by atoms with van der Waals surface area (Å²) in [5.74, 6) is 0.710. The highest BCUT2D eigenvalue weighted by Crippen LogP contribution is 2.27. The van der Waals surface area contributed by atoms with Gasteiger partial charge in [0.25, 0.3) is 5.22 Å². The first-order valence-electron chi connectivity index (χ1n) is 8.83. The second-order valence-electron chi connectivity index (χ2n) is 6.55. The number of thioether (sulfide) groups is 1. The van der Waals surface area contributed by atoms with Crippen LogP contribution >= 0.6 is 27.7 Å². The summed E-state index contributed by atoms with van der Waals surface area (Å²) in [5, 5.41) is 8.49. The molecule has 8 heteroatoms. The lowest BCUT2D eigenvalue weighted by Crippen LogP contribution is -2.14. The first kappa shape index (κ1) is 20.8. The van der Waals surface area contributed by atoms with E-state index in [4.69, 9.17) is 9.15 Å². The van der Waals surface area contributed by atoms with Gasteiger partial charge >= 0.3 is 0 Å². The van der Waals surface area contributed by atoms with Crippen molar-refractivity contribution in [1.82, 2.24) is 14.8 Å². The summed E-state index contributed by atoms with van der Waals surface area (Å²) in [6.45, 7) is 6.65. The van der Waals surface area contributed by atoms with Crippen LogP contribution < -0.4 is 0 Å². The van der Waals surface area contributed by atoms with Gasteiger partial charge < -0.3 is 13.7 Å². The zero-order valence-corrected chi connectivity index (χ0v) is 18.6. The second-order valence-corrected chi connectivity index (χ2v) is 8.40. The number of methoxy groups -OCH3 is 1. The number of aromatic nitrogens is 3. The van der Waals surface area contributed by atoms with Crippen LogP contribution in [-0.4, -0.2) is 40.0 Å². The van der Waals surface area contributed by atoms with E-state index in [0.717, 1.165) is 27.0 Å². The molecule has 0 saturated heterocycles. The average molecular weight is 464 g/mol. The van der Waals surface area contributed by atoms with Crippen molar-refractivity contribution in [3.05, 3.63) is 51.8 Å². The number of aryl methyl sites for hydroxylation is 1. The molecule has 0 N–H and O–H groups in total. The molecule has 0 aliphatic heterocycles. The quantitative estimate of drug-likeness (QED) is 0.341. The summed E-state index contributed by atoms with van der Waals surface area (Å²) >= 11 is 4.68. The van der Waals surface area contributed by atoms with Crippen LogP contribution in [0, 0.1) is 13.8 Å². The molecule has 0 aliphatic rings. The fraction of sp³-hybridized carbons (Fsp3) is 0.350. The van der Waals surface area contributed by atoms with Gasteiger partial charge in [0.15, 0.2) is 5.78 Å². The van der Waals surface area contributed by atoms with E-state index in [1.807, 2.05) is 44.2 Å². The average Bonchev–Trinajstić information content (AvgIpc) is 3.24. The third kappa shape index (κ3) is 4.56. The van der Waals surface area contributed by atoms with Crippen LogP contribution in [-0.2, 0) is 4.74 Å². The Kier molecular flexibility index (Phi) is 6.74. The minimum atomic E-state index is 0.0381. The highest BCUT2D eigenvalue weighted by Gasteiger charge is 2.20. The van der Waals surface area contributed by atoms with E-state index in [1.165, 1.54) is 11.8 Å². The molecule has 0 aliphatic carbocycles. The smallest absolute Gasteiger partial charge is 0.277 e. The monoisotopic (exact) mass is 463 g/mol. The van der Waals surface area contributed by atoms with Crippen LogP contribution in [0.5, 0.6) is 0 Å². The molecule has 0 bridgehead atoms. The number of ether oxygens (including phenoxy) is 1. The van der Waals surface area contributed by atoms with Crippen molar-refractivity contribution in [2.75, 3.05) is 19.5 Å². The van der Waals surface area contributed by atoms with Gasteiger partial charge in [-0.05, 0) is 45.0 Å². The van der Waals surface area contributed by atoms with Crippen molar-refractivity contribution in [3.8, 4) is 11.5 Å². The summed E-state index contributed by atoms with van der Waals surface area (Å²) < 4.78 is 14.0. The lowest BCUT2D eigenvalue weighted by Gasteiger charge is -2.17. The molecule has 2 heterocycles. The maximum atomic E-state index is 12.7. The van der Waals surface area contributed by atoms with Crippen LogP contribution in [0.3, 0.4) is 0 Å². The number of rotatable bonds is 8. The molecular formula is C20H22BrN3O3S. The maximum Gasteiger partial charge on any atom is 0.277 e. The number of benzene rings is 1. The number of nitrogens with zero attached hydrogens (tertiary/aromatic N) is 3. The van der Waals surface area contributed by atoms with Gasteiger partial charge in [-0.3, -0.25) is 4.79 Å². The summed E-state index contributed by atoms with van der Waals surface area (Å²) in [7, 11) is 1.68. The fourth-order valence-electron chi connectivity index (χ4n) is 3.26. The Morgan fingerprint density at radius 3 is 2.82 bits per heavy atom. The zero-order valence-electron chi connectivity index (χ0n) is 16.2. The van der Waals surface area contributed by atoms with E-state index >= 15 is 0 Å². The fourth-order valence-corrected chi connectivity index (χ4v) is 4.31. The summed E-state index contributed by atoms with van der Waals surface area (Å²) in [5.41, 5.74) is 3.55. The van der Waals surface area contributed by atoms with E-state index in [0.29, 0.717) is 17.7 Å². The van der Waals surface area contributed by atoms with Gasteiger partial charge in [-0.1, -0.05) is 33.8 Å². The zero-order chi connectivity index (χ0) is 20.3. The Morgan fingerprint density at radius 2 is 2.11 bits per heavy atom. The topological polar surface area (TPSA) is 70.2 Å². The number of carbonyl (C=O) groups excluding carboxylic acids is 1. The summed E-state index contributed by atoms with van der Waals surface area (Å²) in [4.78, 5) is 12.7. The van der Waals surface area contributed by atoms with Crippen molar-refractivity contribution in [2.45, 2.75) is 32.0 Å². The maximum absolute atomic E-state index is 12.7. The van der Waals surface area contributed by atoms with E-state index in [-0.39, 0.29) is 17.6 Å². The molecule has 148 valence electrons. The minimum Gasteiger partial charge on any atom is -0.411 e. The van der Waals surface area contributed by atoms with Crippen molar-refractivity contribution in [1.29, 1.82) is 0 Å². The third-order valence-corrected chi connectivity index (χ3v) is 5.75. The molecule has 0 fully saturated rings. The lowest BCUT2D eigenvalue weighted by molar-refractivity contribution is 0.102. The Morgan fingerprint density at radius 1 is 1.32 bits per heavy atom. The van der Waals surface area contributed by atoms with E-state index < -0.39 is 0 Å². The van der Waals surface area contributed by atoms with Gasteiger partial charge in [-0.15, -0.1) is 10.2 Å². The minimum absolute atomic E-state index is 0.0381. The molecule has 2 aromatic heterocycles. The Hall–Kier alpha value is -1.90. The molecule has 1 aromatic carbocycles. The highest BCUT2D eigenvalue weighted by molar-refractivity contribution is 9.10. The molecule has 0 spiro atoms. The van der Waals surface area contributed by atoms with E-state index in [9.17, 15) is 4.79 Å². The van der Waals surface area contributed by atoms with E-state index in [2.05, 4.69) is 37.6 Å². The number of Topliss-reactive ketones (excluding diaryl/α,β-unsaturated/α-hetero) is 1. The van der Waals surface area contributed by atoms with Crippen molar-refractivity contribution in [2.24, 2.45) is 0 Å². The highest BCUT2D eigenvalue weighted by atomic mass is 79.9. The molecule has 0 radical (unpaired) electrons. The Balaban J connectivity index is 1.69. The summed E-state index contributed by atoms with van der Waals surface area (Å²) in [6, 6.07) is 9.74. The summed E-state index contributed by atoms with van der Waals surface area (Å²) in [6.07, 6.45) is 0. The molecule has 3 rings (SSSR count). The largest absolute Gasteiger partial charge is 0.411 e. The Labute approximate surface area is 176 Å². The van der Waals surface area contributed by atoms with Crippen LogP contribution in [0.25, 0.3) is 11.5 Å². The van der Waals surface area contributed by atoms with Crippen LogP contribution in [0.15, 0.2) is 44.4 Å². The normalized spacial score (nSPS) is 12.3. The first-order chi connectivity index (χ1) is 13.4. The van der Waals surface area contributed by atoms with Gasteiger partial charge in [-0.2, -0.15) is 0 Å². The van der Waals surface area contributed by atoms with Crippen LogP contribution in [0.2, 0.25) is 0 Å². The number of hydrogen-bond donors (Lipinski definition) is 0. The van der Waals surface area contributed by atoms with E-state index in [1.54, 1.807) is 7.11 Å². The molecule has 6 nitrogen and oxygen atoms in total. The number of hydrogen-bond acceptors (Lipinski definition) is 6. The molecular weight excluding hydrogens is 442 g/mol. The predicted octanol–water partition coefficient (Wildman–Crippen LogP) is 5.10. The SMILES string of the molecule is COC[C@@H](C)n1c(C)cc(C(=O)CSc2nnc(-c3cccc(Br)c3)o2)c1C. The Bertz CT molecular complexity index is 983. The standard InChI is InChI=1S/C20H22BrN3O3S/c1-12-8-17(14(3)24(12)13(2)10-26-4)18(25)11-28-20-23-22-19(27-20)15-6-5-7-16(21)9-15/h5-9,13H,10-11H2,1-4H3/t13-/m1/s1.